The first-order valence-corrected chi connectivity index (χ1v) is 9.76. The third kappa shape index (κ3) is 2.02. The Hall–Kier alpha value is -0.880. The zero-order valence-corrected chi connectivity index (χ0v) is 16.4. The molecule has 1 heterocycles. The smallest absolute Gasteiger partial charge is 0.362 e. The van der Waals surface area contributed by atoms with E-state index in [1.165, 1.54) is 7.11 Å². The van der Waals surface area contributed by atoms with Crippen LogP contribution in [0.5, 0.6) is 0 Å². The van der Waals surface area contributed by atoms with Crippen LogP contribution in [0.15, 0.2) is 30.3 Å². The first-order valence-electron chi connectivity index (χ1n) is 8.18. The molecule has 2 aliphatic carbocycles. The number of alkyl halides is 2. The molecule has 0 radical (unpaired) electrons. The SMILES string of the molecule is COC(=O)[C@]1(Br)OC(=O)[C@@](Br)(c2ccccc2)[C@@H]2[C@H]3CC[C@H](C3)[C@@H]21. The number of methoxy groups -OCH3 is 1. The molecule has 1 saturated heterocycles. The van der Waals surface area contributed by atoms with Crippen LogP contribution in [0.4, 0.5) is 0 Å². The predicted molar refractivity (Wildman–Crippen MR) is 94.6 cm³/mol. The van der Waals surface area contributed by atoms with Gasteiger partial charge < -0.3 is 9.47 Å². The molecule has 2 saturated carbocycles. The summed E-state index contributed by atoms with van der Waals surface area (Å²) in [6.07, 6.45) is 3.17. The van der Waals surface area contributed by atoms with Crippen molar-refractivity contribution >= 4 is 43.8 Å². The van der Waals surface area contributed by atoms with E-state index < -0.39 is 20.8 Å². The molecule has 0 unspecified atom stereocenters. The molecule has 3 aliphatic rings. The third-order valence-corrected chi connectivity index (χ3v) is 8.32. The first-order chi connectivity index (χ1) is 11.4. The molecule has 0 spiro atoms. The lowest BCUT2D eigenvalue weighted by Crippen LogP contribution is -2.61. The Morgan fingerprint density at radius 3 is 2.42 bits per heavy atom. The van der Waals surface area contributed by atoms with Gasteiger partial charge in [-0.15, -0.1) is 0 Å². The minimum Gasteiger partial charge on any atom is -0.465 e. The zero-order chi connectivity index (χ0) is 17.1. The van der Waals surface area contributed by atoms with Crippen LogP contribution in [0, 0.1) is 23.7 Å². The highest BCUT2D eigenvalue weighted by Gasteiger charge is 2.72. The van der Waals surface area contributed by atoms with E-state index in [1.54, 1.807) is 0 Å². The summed E-state index contributed by atoms with van der Waals surface area (Å²) in [5.74, 6) is -0.300. The second-order valence-corrected chi connectivity index (χ2v) is 9.42. The number of ether oxygens (including phenoxy) is 2. The Kier molecular flexibility index (Phi) is 3.84. The van der Waals surface area contributed by atoms with Gasteiger partial charge in [0.15, 0.2) is 4.32 Å². The lowest BCUT2D eigenvalue weighted by atomic mass is 9.66. The van der Waals surface area contributed by atoms with Crippen molar-refractivity contribution in [3.05, 3.63) is 35.9 Å². The maximum atomic E-state index is 13.1. The summed E-state index contributed by atoms with van der Waals surface area (Å²) in [6.45, 7) is 0. The number of halogens is 2. The van der Waals surface area contributed by atoms with E-state index in [2.05, 4.69) is 31.9 Å². The molecular formula is C18H18Br2O4. The molecule has 6 atom stereocenters. The summed E-state index contributed by atoms with van der Waals surface area (Å²) in [7, 11) is 1.33. The van der Waals surface area contributed by atoms with Crippen LogP contribution in [-0.2, 0) is 23.4 Å². The van der Waals surface area contributed by atoms with E-state index in [1.807, 2.05) is 30.3 Å². The molecule has 4 nitrogen and oxygen atoms in total. The second-order valence-electron chi connectivity index (χ2n) is 6.99. The number of fused-ring (bicyclic) bond motifs is 5. The molecule has 0 amide bonds. The monoisotopic (exact) mass is 456 g/mol. The number of esters is 2. The molecule has 3 fully saturated rings. The fourth-order valence-electron chi connectivity index (χ4n) is 5.12. The molecule has 24 heavy (non-hydrogen) atoms. The molecule has 6 heteroatoms. The summed E-state index contributed by atoms with van der Waals surface area (Å²) in [5.41, 5.74) is 0.886. The van der Waals surface area contributed by atoms with E-state index >= 15 is 0 Å². The molecular weight excluding hydrogens is 440 g/mol. The lowest BCUT2D eigenvalue weighted by Gasteiger charge is -2.51. The van der Waals surface area contributed by atoms with Gasteiger partial charge in [-0.05, 0) is 52.6 Å². The van der Waals surface area contributed by atoms with Gasteiger partial charge in [0.05, 0.1) is 7.11 Å². The van der Waals surface area contributed by atoms with Gasteiger partial charge in [0.1, 0.15) is 0 Å². The average Bonchev–Trinajstić information content (AvgIpc) is 3.21. The third-order valence-electron chi connectivity index (χ3n) is 6.00. The Balaban J connectivity index is 1.86. The topological polar surface area (TPSA) is 52.6 Å². The van der Waals surface area contributed by atoms with Crippen LogP contribution in [0.1, 0.15) is 24.8 Å². The van der Waals surface area contributed by atoms with E-state index in [4.69, 9.17) is 9.47 Å². The number of benzene rings is 1. The van der Waals surface area contributed by atoms with E-state index in [0.29, 0.717) is 11.8 Å². The van der Waals surface area contributed by atoms with Crippen LogP contribution < -0.4 is 0 Å². The Morgan fingerprint density at radius 2 is 1.79 bits per heavy atom. The summed E-state index contributed by atoms with van der Waals surface area (Å²) in [6, 6.07) is 9.65. The summed E-state index contributed by atoms with van der Waals surface area (Å²) in [5, 5.41) is 0. The quantitative estimate of drug-likeness (QED) is 0.501. The maximum Gasteiger partial charge on any atom is 0.362 e. The van der Waals surface area contributed by atoms with E-state index in [9.17, 15) is 9.59 Å². The number of carbonyl (C=O) groups is 2. The van der Waals surface area contributed by atoms with Gasteiger partial charge in [0.25, 0.3) is 4.51 Å². The molecule has 128 valence electrons. The number of cyclic esters (lactones) is 1. The summed E-state index contributed by atoms with van der Waals surface area (Å²) in [4.78, 5) is 25.5. The van der Waals surface area contributed by atoms with Crippen LogP contribution in [0.25, 0.3) is 0 Å². The molecule has 2 bridgehead atoms. The second kappa shape index (κ2) is 5.56. The fraction of sp³-hybridized carbons (Fsp3) is 0.556. The number of carbonyl (C=O) groups excluding carboxylic acids is 2. The van der Waals surface area contributed by atoms with Crippen molar-refractivity contribution in [3.63, 3.8) is 0 Å². The van der Waals surface area contributed by atoms with Gasteiger partial charge in [-0.2, -0.15) is 0 Å². The minimum absolute atomic E-state index is 0.00150. The highest BCUT2D eigenvalue weighted by Crippen LogP contribution is 2.67. The maximum absolute atomic E-state index is 13.1. The van der Waals surface area contributed by atoms with Gasteiger partial charge in [-0.25, -0.2) is 4.79 Å². The molecule has 4 rings (SSSR count). The van der Waals surface area contributed by atoms with Crippen molar-refractivity contribution < 1.29 is 19.1 Å². The molecule has 0 aromatic heterocycles. The highest BCUT2D eigenvalue weighted by molar-refractivity contribution is 9.10. The van der Waals surface area contributed by atoms with Crippen LogP contribution >= 0.6 is 31.9 Å². The lowest BCUT2D eigenvalue weighted by molar-refractivity contribution is -0.191. The number of rotatable bonds is 2. The normalized spacial score (nSPS) is 43.2. The van der Waals surface area contributed by atoms with Gasteiger partial charge >= 0.3 is 11.9 Å². The first kappa shape index (κ1) is 16.6. The van der Waals surface area contributed by atoms with Crippen molar-refractivity contribution in [2.24, 2.45) is 23.7 Å². The highest BCUT2D eigenvalue weighted by atomic mass is 79.9. The molecule has 1 aliphatic heterocycles. The molecule has 1 aromatic rings. The van der Waals surface area contributed by atoms with Gasteiger partial charge in [0.2, 0.25) is 0 Å². The Morgan fingerprint density at radius 1 is 1.17 bits per heavy atom. The van der Waals surface area contributed by atoms with Crippen LogP contribution in [0.3, 0.4) is 0 Å². The largest absolute Gasteiger partial charge is 0.465 e. The Bertz CT molecular complexity index is 694. The van der Waals surface area contributed by atoms with Crippen LogP contribution in [0.2, 0.25) is 0 Å². The summed E-state index contributed by atoms with van der Waals surface area (Å²) >= 11 is 7.21. The average molecular weight is 458 g/mol. The van der Waals surface area contributed by atoms with Crippen molar-refractivity contribution in [2.45, 2.75) is 28.1 Å². The standard InChI is InChI=1S/C18H18Br2O4/c1-23-16(22)18(20)14-11-8-7-10(9-11)13(14)17(19,15(21)24-18)12-5-3-2-4-6-12/h2-6,10-11,13-14H,7-9H2,1H3/t10-,11+,13+,14-,17+,18+/m0/s1. The number of hydrogen-bond acceptors (Lipinski definition) is 4. The van der Waals surface area contributed by atoms with Gasteiger partial charge in [0, 0.05) is 11.8 Å². The fourth-order valence-corrected chi connectivity index (χ4v) is 7.09. The Labute approximate surface area is 157 Å². The molecule has 1 aromatic carbocycles. The molecule has 0 N–H and O–H groups in total. The van der Waals surface area contributed by atoms with E-state index in [-0.39, 0.29) is 11.8 Å². The van der Waals surface area contributed by atoms with Crippen molar-refractivity contribution in [1.29, 1.82) is 0 Å². The van der Waals surface area contributed by atoms with Crippen LogP contribution in [-0.4, -0.2) is 23.6 Å². The van der Waals surface area contributed by atoms with Gasteiger partial charge in [-0.3, -0.25) is 4.79 Å². The van der Waals surface area contributed by atoms with Crippen molar-refractivity contribution in [1.82, 2.24) is 0 Å². The minimum atomic E-state index is -1.38. The number of hydrogen-bond donors (Lipinski definition) is 0. The predicted octanol–water partition coefficient (Wildman–Crippen LogP) is 3.76. The van der Waals surface area contributed by atoms with Crippen molar-refractivity contribution in [2.75, 3.05) is 7.11 Å². The van der Waals surface area contributed by atoms with Gasteiger partial charge in [-0.1, -0.05) is 46.3 Å². The summed E-state index contributed by atoms with van der Waals surface area (Å²) < 4.78 is 8.38. The zero-order valence-electron chi connectivity index (χ0n) is 13.2. The van der Waals surface area contributed by atoms with E-state index in [0.717, 1.165) is 24.8 Å². The van der Waals surface area contributed by atoms with Crippen molar-refractivity contribution in [3.8, 4) is 0 Å².